The monoisotopic (exact) mass is 389 g/mol. The van der Waals surface area contributed by atoms with Gasteiger partial charge in [0.15, 0.2) is 0 Å². The van der Waals surface area contributed by atoms with Crippen molar-refractivity contribution in [2.75, 3.05) is 26.7 Å². The lowest BCUT2D eigenvalue weighted by Crippen LogP contribution is -2.40. The second-order valence-corrected chi connectivity index (χ2v) is 6.24. The number of aromatic nitrogens is 2. The second-order valence-electron chi connectivity index (χ2n) is 5.22. The predicted molar refractivity (Wildman–Crippen MR) is 84.3 cm³/mol. The van der Waals surface area contributed by atoms with Crippen molar-refractivity contribution in [1.82, 2.24) is 14.7 Å². The Morgan fingerprint density at radius 2 is 2.35 bits per heavy atom. The Balaban J connectivity index is 1.74. The molecule has 1 atom stereocenters. The van der Waals surface area contributed by atoms with E-state index < -0.39 is 0 Å². The zero-order valence-electron chi connectivity index (χ0n) is 11.4. The van der Waals surface area contributed by atoms with E-state index in [1.807, 2.05) is 4.68 Å². The third-order valence-electron chi connectivity index (χ3n) is 3.67. The Hall–Kier alpha value is -0.730. The number of hydrogen-bond donors (Lipinski definition) is 0. The lowest BCUT2D eigenvalue weighted by molar-refractivity contribution is -0.0253. The number of morpholine rings is 1. The third-order valence-corrected chi connectivity index (χ3v) is 4.47. The first-order chi connectivity index (χ1) is 9.63. The van der Waals surface area contributed by atoms with Gasteiger partial charge in [0.2, 0.25) is 0 Å². The van der Waals surface area contributed by atoms with Crippen molar-refractivity contribution in [3.05, 3.63) is 27.7 Å². The van der Waals surface area contributed by atoms with Gasteiger partial charge in [0.25, 0.3) is 0 Å². The molecule has 4 nitrogen and oxygen atoms in total. The van der Waals surface area contributed by atoms with Crippen LogP contribution in [-0.4, -0.2) is 47.5 Å². The maximum atomic E-state index is 13.3. The molecule has 1 fully saturated rings. The normalized spacial score (nSPS) is 20.6. The van der Waals surface area contributed by atoms with E-state index in [0.717, 1.165) is 47.3 Å². The minimum absolute atomic E-state index is 0.216. The highest BCUT2D eigenvalue weighted by Crippen LogP contribution is 2.22. The molecule has 1 unspecified atom stereocenters. The van der Waals surface area contributed by atoms with Gasteiger partial charge >= 0.3 is 0 Å². The number of aryl methyl sites for hydroxylation is 1. The Kier molecular flexibility index (Phi) is 4.23. The fraction of sp³-hybridized carbons (Fsp3) is 0.500. The van der Waals surface area contributed by atoms with E-state index in [0.29, 0.717) is 0 Å². The van der Waals surface area contributed by atoms with Gasteiger partial charge in [-0.2, -0.15) is 5.10 Å². The fourth-order valence-corrected chi connectivity index (χ4v) is 3.28. The summed E-state index contributed by atoms with van der Waals surface area (Å²) in [7, 11) is 2.12. The van der Waals surface area contributed by atoms with Gasteiger partial charge in [-0.1, -0.05) is 0 Å². The van der Waals surface area contributed by atoms with E-state index in [9.17, 15) is 4.39 Å². The molecule has 0 saturated carbocycles. The Morgan fingerprint density at radius 3 is 3.15 bits per heavy atom. The van der Waals surface area contributed by atoms with Crippen molar-refractivity contribution in [1.29, 1.82) is 0 Å². The minimum Gasteiger partial charge on any atom is -0.375 e. The van der Waals surface area contributed by atoms with Gasteiger partial charge in [0, 0.05) is 25.0 Å². The van der Waals surface area contributed by atoms with Gasteiger partial charge in [0.05, 0.1) is 18.2 Å². The summed E-state index contributed by atoms with van der Waals surface area (Å²) in [6, 6.07) is 4.83. The first-order valence-electron chi connectivity index (χ1n) is 6.75. The van der Waals surface area contributed by atoms with E-state index in [1.54, 1.807) is 12.1 Å². The standard InChI is InChI=1S/C14H17FIN3O/c1-18-6-7-20-11(9-18)4-5-19-13-3-2-10(15)8-12(13)14(16)17-19/h2-3,8,11H,4-7,9H2,1H3. The number of benzene rings is 1. The molecule has 1 saturated heterocycles. The van der Waals surface area contributed by atoms with Crippen molar-refractivity contribution in [3.63, 3.8) is 0 Å². The van der Waals surface area contributed by atoms with Gasteiger partial charge < -0.3 is 9.64 Å². The van der Waals surface area contributed by atoms with Crippen LogP contribution in [0.15, 0.2) is 18.2 Å². The first-order valence-corrected chi connectivity index (χ1v) is 7.83. The molecule has 0 radical (unpaired) electrons. The summed E-state index contributed by atoms with van der Waals surface area (Å²) in [6.45, 7) is 3.55. The molecule has 108 valence electrons. The van der Waals surface area contributed by atoms with Crippen LogP contribution < -0.4 is 0 Å². The molecule has 20 heavy (non-hydrogen) atoms. The Morgan fingerprint density at radius 1 is 1.50 bits per heavy atom. The number of rotatable bonds is 3. The van der Waals surface area contributed by atoms with Crippen LogP contribution in [0.25, 0.3) is 10.9 Å². The highest BCUT2D eigenvalue weighted by atomic mass is 127. The molecular formula is C14H17FIN3O. The van der Waals surface area contributed by atoms with Crippen LogP contribution in [0.4, 0.5) is 4.39 Å². The first kappa shape index (κ1) is 14.2. The average molecular weight is 389 g/mol. The number of ether oxygens (including phenoxy) is 1. The minimum atomic E-state index is -0.216. The molecule has 0 aliphatic carbocycles. The molecule has 1 aromatic carbocycles. The van der Waals surface area contributed by atoms with Crippen LogP contribution in [-0.2, 0) is 11.3 Å². The lowest BCUT2D eigenvalue weighted by atomic mass is 10.2. The summed E-state index contributed by atoms with van der Waals surface area (Å²) in [4.78, 5) is 2.29. The number of fused-ring (bicyclic) bond motifs is 1. The van der Waals surface area contributed by atoms with Gasteiger partial charge in [-0.15, -0.1) is 0 Å². The molecule has 0 amide bonds. The van der Waals surface area contributed by atoms with E-state index in [2.05, 4.69) is 39.6 Å². The fourth-order valence-electron chi connectivity index (χ4n) is 2.59. The van der Waals surface area contributed by atoms with Gasteiger partial charge in [-0.05, 0) is 54.3 Å². The highest BCUT2D eigenvalue weighted by molar-refractivity contribution is 14.1. The molecule has 0 spiro atoms. The molecule has 3 rings (SSSR count). The molecule has 2 aromatic rings. The molecule has 1 aliphatic heterocycles. The summed E-state index contributed by atoms with van der Waals surface area (Å²) < 4.78 is 21.8. The Labute approximate surface area is 131 Å². The second kappa shape index (κ2) is 5.95. The van der Waals surface area contributed by atoms with E-state index in [-0.39, 0.29) is 11.9 Å². The molecular weight excluding hydrogens is 372 g/mol. The van der Waals surface area contributed by atoms with Crippen LogP contribution in [0, 0.1) is 9.52 Å². The molecule has 0 bridgehead atoms. The van der Waals surface area contributed by atoms with Crippen molar-refractivity contribution < 1.29 is 9.13 Å². The maximum Gasteiger partial charge on any atom is 0.131 e. The summed E-state index contributed by atoms with van der Waals surface area (Å²) in [5, 5.41) is 5.38. The summed E-state index contributed by atoms with van der Waals surface area (Å²) in [6.07, 6.45) is 1.18. The van der Waals surface area contributed by atoms with E-state index >= 15 is 0 Å². The zero-order chi connectivity index (χ0) is 14.1. The molecule has 6 heteroatoms. The lowest BCUT2D eigenvalue weighted by Gasteiger charge is -2.30. The average Bonchev–Trinajstić information content (AvgIpc) is 2.73. The van der Waals surface area contributed by atoms with Crippen LogP contribution in [0.1, 0.15) is 6.42 Å². The summed E-state index contributed by atoms with van der Waals surface area (Å²) >= 11 is 2.15. The van der Waals surface area contributed by atoms with Gasteiger partial charge in [0.1, 0.15) is 9.52 Å². The maximum absolute atomic E-state index is 13.3. The number of hydrogen-bond acceptors (Lipinski definition) is 3. The van der Waals surface area contributed by atoms with Crippen LogP contribution in [0.3, 0.4) is 0 Å². The van der Waals surface area contributed by atoms with Crippen LogP contribution in [0.2, 0.25) is 0 Å². The molecule has 1 aromatic heterocycles. The van der Waals surface area contributed by atoms with Crippen molar-refractivity contribution in [2.24, 2.45) is 0 Å². The smallest absolute Gasteiger partial charge is 0.131 e. The predicted octanol–water partition coefficient (Wildman–Crippen LogP) is 2.50. The zero-order valence-corrected chi connectivity index (χ0v) is 13.5. The van der Waals surface area contributed by atoms with Crippen molar-refractivity contribution in [3.8, 4) is 0 Å². The van der Waals surface area contributed by atoms with Gasteiger partial charge in [-0.25, -0.2) is 4.39 Å². The van der Waals surface area contributed by atoms with Crippen molar-refractivity contribution in [2.45, 2.75) is 19.1 Å². The van der Waals surface area contributed by atoms with Crippen molar-refractivity contribution >= 4 is 33.5 Å². The summed E-state index contributed by atoms with van der Waals surface area (Å²) in [5.74, 6) is -0.216. The quantitative estimate of drug-likeness (QED) is 0.756. The SMILES string of the molecule is CN1CCOC(CCn2nc(I)c3cc(F)ccc32)C1. The highest BCUT2D eigenvalue weighted by Gasteiger charge is 2.18. The number of nitrogens with zero attached hydrogens (tertiary/aromatic N) is 3. The van der Waals surface area contributed by atoms with E-state index in [1.165, 1.54) is 6.07 Å². The number of halogens is 2. The van der Waals surface area contributed by atoms with Crippen LogP contribution in [0.5, 0.6) is 0 Å². The van der Waals surface area contributed by atoms with Gasteiger partial charge in [-0.3, -0.25) is 4.68 Å². The van der Waals surface area contributed by atoms with Crippen LogP contribution >= 0.6 is 22.6 Å². The molecule has 0 N–H and O–H groups in total. The largest absolute Gasteiger partial charge is 0.375 e. The number of likely N-dealkylation sites (N-methyl/N-ethyl adjacent to an activating group) is 1. The molecule has 1 aliphatic rings. The molecule has 2 heterocycles. The Bertz CT molecular complexity index is 616. The third kappa shape index (κ3) is 2.96. The van der Waals surface area contributed by atoms with E-state index in [4.69, 9.17) is 4.74 Å². The topological polar surface area (TPSA) is 30.3 Å². The summed E-state index contributed by atoms with van der Waals surface area (Å²) in [5.41, 5.74) is 0.986.